The molecule has 4 nitrogen and oxygen atoms in total. The zero-order valence-electron chi connectivity index (χ0n) is 26.4. The number of hydrogen-bond acceptors (Lipinski definition) is 2. The van der Waals surface area contributed by atoms with Gasteiger partial charge in [0.05, 0.1) is 22.1 Å². The van der Waals surface area contributed by atoms with Crippen molar-refractivity contribution in [2.24, 2.45) is 0 Å². The average Bonchev–Trinajstić information content (AvgIpc) is 2.89. The van der Waals surface area contributed by atoms with E-state index in [2.05, 4.69) is 38.5 Å². The molecule has 3 aromatic carbocycles. The second-order valence-corrected chi connectivity index (χ2v) is 6.45. The molecule has 34 heavy (non-hydrogen) atoms. The minimum atomic E-state index is -2.26. The van der Waals surface area contributed by atoms with Gasteiger partial charge in [-0.2, -0.15) is 6.92 Å². The molecule has 0 aromatic heterocycles. The van der Waals surface area contributed by atoms with Crippen LogP contribution in [0.5, 0.6) is 0 Å². The second kappa shape index (κ2) is 21.7. The number of benzene rings is 3. The maximum Gasteiger partial charge on any atom is 0.335 e. The van der Waals surface area contributed by atoms with E-state index in [9.17, 15) is 22.8 Å². The van der Waals surface area contributed by atoms with Crippen molar-refractivity contribution in [3.8, 4) is 0 Å². The molecule has 0 unspecified atom stereocenters. The molecule has 0 fully saturated rings. The molecule has 3 aromatic rings. The summed E-state index contributed by atoms with van der Waals surface area (Å²) in [6.07, 6.45) is 0. The van der Waals surface area contributed by atoms with Gasteiger partial charge < -0.3 is 32.8 Å². The molecule has 0 amide bonds. The minimum Gasteiger partial charge on any atom is -0.478 e. The van der Waals surface area contributed by atoms with Gasteiger partial charge in [-0.15, -0.1) is 0 Å². The van der Waals surface area contributed by atoms with E-state index < -0.39 is 94.1 Å². The second-order valence-electron chi connectivity index (χ2n) is 4.81. The molecule has 0 aliphatic heterocycles. The van der Waals surface area contributed by atoms with Gasteiger partial charge >= 0.3 is 11.9 Å². The van der Waals surface area contributed by atoms with Crippen molar-refractivity contribution in [3.05, 3.63) is 111 Å². The van der Waals surface area contributed by atoms with E-state index in [4.69, 9.17) is 23.9 Å². The molecule has 0 spiro atoms. The van der Waals surface area contributed by atoms with Gasteiger partial charge in [0.2, 0.25) is 0 Å². The number of aromatic carboxylic acids is 2. The number of rotatable bonds is 3. The van der Waals surface area contributed by atoms with Crippen molar-refractivity contribution in [1.29, 1.82) is 0 Å². The van der Waals surface area contributed by atoms with Gasteiger partial charge in [-0.05, 0) is 54.0 Å². The van der Waals surface area contributed by atoms with Crippen molar-refractivity contribution in [3.63, 3.8) is 0 Å². The van der Waals surface area contributed by atoms with Crippen LogP contribution >= 0.6 is 38.5 Å². The summed E-state index contributed by atoms with van der Waals surface area (Å²) < 4.78 is 112. The average molecular weight is 701 g/mol. The van der Waals surface area contributed by atoms with Gasteiger partial charge in [-0.3, -0.25) is 4.43 Å². The van der Waals surface area contributed by atoms with E-state index >= 15 is 0 Å². The molecule has 10 heteroatoms. The fourth-order valence-electron chi connectivity index (χ4n) is 1.42. The Morgan fingerprint density at radius 2 is 1.50 bits per heavy atom. The van der Waals surface area contributed by atoms with Crippen LogP contribution in [0.3, 0.4) is 0 Å². The Morgan fingerprint density at radius 3 is 1.94 bits per heavy atom. The Labute approximate surface area is 245 Å². The molecule has 0 bridgehead atoms. The van der Waals surface area contributed by atoms with Crippen LogP contribution in [0.2, 0.25) is 0 Å². The first-order valence-corrected chi connectivity index (χ1v) is 10.0. The first-order valence-electron chi connectivity index (χ1n) is 13.0. The Balaban J connectivity index is -0.000000544. The van der Waals surface area contributed by atoms with Crippen LogP contribution in [0.15, 0.2) is 72.6 Å². The topological polar surface area (TPSA) is 74.6 Å². The smallest absolute Gasteiger partial charge is 0.335 e. The Hall–Kier alpha value is -1.82. The molecule has 0 aliphatic rings. The van der Waals surface area contributed by atoms with Crippen LogP contribution in [0.1, 0.15) is 54.3 Å². The van der Waals surface area contributed by atoms with E-state index in [1.54, 1.807) is 0 Å². The summed E-state index contributed by atoms with van der Waals surface area (Å²) in [6, 6.07) is -1.79. The Kier molecular flexibility index (Phi) is 13.0. The van der Waals surface area contributed by atoms with E-state index in [1.165, 1.54) is 18.2 Å². The van der Waals surface area contributed by atoms with Crippen molar-refractivity contribution >= 4 is 50.5 Å². The maximum atomic E-state index is 13.2. The third kappa shape index (κ3) is 17.6. The summed E-state index contributed by atoms with van der Waals surface area (Å²) in [4.78, 5) is 20.7. The number of hydrogen-bond donors (Lipinski definition) is 2. The van der Waals surface area contributed by atoms with Crippen molar-refractivity contribution in [2.75, 3.05) is 0 Å². The number of carboxylic acid groups (broad SMARTS) is 2. The molecule has 0 heterocycles. The van der Waals surface area contributed by atoms with E-state index in [-0.39, 0.29) is 31.5 Å². The summed E-state index contributed by atoms with van der Waals surface area (Å²) in [7, 11) is 0. The van der Waals surface area contributed by atoms with E-state index in [0.29, 0.717) is 0 Å². The zero-order chi connectivity index (χ0) is 33.3. The van der Waals surface area contributed by atoms with Crippen molar-refractivity contribution in [1.82, 2.24) is 0 Å². The molecule has 0 saturated heterocycles. The quantitative estimate of drug-likeness (QED) is 0.165. The predicted octanol–water partition coefficient (Wildman–Crippen LogP) is 8.01. The summed E-state index contributed by atoms with van der Waals surface area (Å²) in [5.74, 6) is -5.95. The van der Waals surface area contributed by atoms with E-state index in [0.717, 1.165) is 6.07 Å². The van der Waals surface area contributed by atoms with Gasteiger partial charge in [0, 0.05) is 26.6 Å². The SMILES string of the molecule is C.C[CH-]I.O=C(O)c1cccc(F)c1.[2H]c1c([2H])c(F)c([2H])c(C(=O)O)c1[2H].[2H]c1c([2H])c(F)c([2H])c(C([2H])([2H])Br)c1[2H].[V]. The summed E-state index contributed by atoms with van der Waals surface area (Å²) in [6.45, 7) is 1.99. The molecule has 1 radical (unpaired) electrons. The predicted molar refractivity (Wildman–Crippen MR) is 136 cm³/mol. The molecule has 0 atom stereocenters. The molecular formula is C24H24BrF3IO4V-. The Bertz CT molecular complexity index is 1410. The Morgan fingerprint density at radius 1 is 1.00 bits per heavy atom. The van der Waals surface area contributed by atoms with Crippen LogP contribution in [-0.4, -0.2) is 22.2 Å². The molecule has 2 N–H and O–H groups in total. The number of carboxylic acids is 2. The van der Waals surface area contributed by atoms with Crippen LogP contribution in [0.4, 0.5) is 13.2 Å². The monoisotopic (exact) mass is 700 g/mol. The normalized spacial score (nSPS) is 13.1. The molecular weight excluding hydrogens is 667 g/mol. The third-order valence-electron chi connectivity index (χ3n) is 2.57. The van der Waals surface area contributed by atoms with Crippen molar-refractivity contribution in [2.45, 2.75) is 19.6 Å². The third-order valence-corrected chi connectivity index (χ3v) is 2.97. The summed E-state index contributed by atoms with van der Waals surface area (Å²) in [5, 5.41) is 14.6. The van der Waals surface area contributed by atoms with Gasteiger partial charge in [0.25, 0.3) is 0 Å². The number of halogens is 5. The first kappa shape index (κ1) is 20.4. The van der Waals surface area contributed by atoms with Gasteiger partial charge in [-0.25, -0.2) is 22.8 Å². The number of alkyl halides is 1. The van der Waals surface area contributed by atoms with Crippen LogP contribution in [0, 0.1) is 21.9 Å². The summed E-state index contributed by atoms with van der Waals surface area (Å²) in [5.41, 5.74) is -1.48. The zero-order valence-corrected chi connectivity index (χ0v) is 21.6. The molecule has 3 rings (SSSR count). The minimum absolute atomic E-state index is 0. The fourth-order valence-corrected chi connectivity index (χ4v) is 1.62. The van der Waals surface area contributed by atoms with Gasteiger partial charge in [-0.1, -0.05) is 47.6 Å². The van der Waals surface area contributed by atoms with Gasteiger partial charge in [0.15, 0.2) is 0 Å². The molecule has 185 valence electrons. The largest absolute Gasteiger partial charge is 0.478 e. The number of carbonyl (C=O) groups is 2. The molecule has 0 saturated carbocycles. The van der Waals surface area contributed by atoms with Crippen molar-refractivity contribution < 1.29 is 65.2 Å². The van der Waals surface area contributed by atoms with E-state index in [1.807, 2.05) is 11.4 Å². The standard InChI is InChI=1S/C7H6BrF.2C7H5FO2.C2H4I.CH4.V/c8-5-6-2-1-3-7(9)4-6;2*8-6-3-1-2-5(4-6)7(9)10;1-2-3;;/h1-4H,5H2;2*1-4H,(H,9,10);2H,1H3;1H4;/q;;;-1;;/i1D,2D,3D,4D,5D2;1D,2D,3D,4D;;;;. The van der Waals surface area contributed by atoms with Crippen LogP contribution in [0.25, 0.3) is 0 Å². The summed E-state index contributed by atoms with van der Waals surface area (Å²) >= 11 is 4.73. The van der Waals surface area contributed by atoms with Gasteiger partial charge in [0.1, 0.15) is 17.5 Å². The molecule has 0 aliphatic carbocycles. The van der Waals surface area contributed by atoms with Crippen LogP contribution < -0.4 is 0 Å². The van der Waals surface area contributed by atoms with Crippen LogP contribution in [-0.2, 0) is 23.8 Å². The first-order chi connectivity index (χ1) is 19.2. The maximum absolute atomic E-state index is 13.2. The fraction of sp³-hybridized carbons (Fsp3) is 0.125.